The van der Waals surface area contributed by atoms with Gasteiger partial charge in [0, 0.05) is 69.7 Å². The van der Waals surface area contributed by atoms with Gasteiger partial charge in [-0.3, -0.25) is 9.59 Å². The lowest BCUT2D eigenvalue weighted by molar-refractivity contribution is -0.137. The van der Waals surface area contributed by atoms with Crippen LogP contribution in [0.2, 0.25) is 0 Å². The molecule has 12 aromatic rings. The Morgan fingerprint density at radius 3 is 1.11 bits per heavy atom. The zero-order valence-electron chi connectivity index (χ0n) is 52.5. The van der Waals surface area contributed by atoms with Crippen molar-refractivity contribution in [1.29, 1.82) is 0 Å². The molecule has 0 spiro atoms. The zero-order chi connectivity index (χ0) is 66.1. The molecule has 4 aromatic carbocycles. The number of thiazole rings is 4. The standard InChI is InChI=1S/C18H19N5O2S.C17H16N4O2S.C17H18N4S.C15H13BrN4S/c1-11-5-12(2)7-13(6-11)22-18-20-4-3-15(23-18)17-21-14(10-26-17)8-19-9-16(24)25;1-10-5-11(2)7-12(6-10)20-17-18-4-3-14(21-17)16-19-13(9-24-16)8-15(22)23;1-10-7-11(2)9-14(8-10)20-17-18-6-5-15(21-17)16-19-12(3)13(4)22-16;1-9-5-10(2)7-11(6-9)19-15-17-4-3-12(20-15)14-18-8-13(16)21-14/h3-7,10,19H,8-9H2,1-2H3,(H,24,25)(H,20,22,23);3-7,9H,8H2,1-2H3,(H,22,23)(H,18,20,21);5-9H,1-4H3,(H,18,20,21);3-8H,1-2H3,(H,17,19,20). The van der Waals surface area contributed by atoms with Crippen molar-refractivity contribution in [3.05, 3.63) is 209 Å². The van der Waals surface area contributed by atoms with Crippen LogP contribution in [0.5, 0.6) is 0 Å². The molecule has 0 saturated carbocycles. The van der Waals surface area contributed by atoms with Crippen LogP contribution in [-0.4, -0.2) is 88.5 Å². The van der Waals surface area contributed by atoms with Gasteiger partial charge in [0.15, 0.2) is 0 Å². The fourth-order valence-electron chi connectivity index (χ4n) is 9.28. The second-order valence-electron chi connectivity index (χ2n) is 21.6. The lowest BCUT2D eigenvalue weighted by atomic mass is 10.1. The molecular formula is C67H66BrN17O4S4. The number of hydrogen-bond acceptors (Lipinski definition) is 23. The highest BCUT2D eigenvalue weighted by Crippen LogP contribution is 2.31. The highest BCUT2D eigenvalue weighted by atomic mass is 79.9. The first kappa shape index (κ1) is 67.7. The van der Waals surface area contributed by atoms with Crippen molar-refractivity contribution in [3.63, 3.8) is 0 Å². The maximum absolute atomic E-state index is 10.8. The summed E-state index contributed by atoms with van der Waals surface area (Å²) in [6, 6.07) is 32.2. The molecule has 0 unspecified atom stereocenters. The van der Waals surface area contributed by atoms with Crippen LogP contribution in [0.1, 0.15) is 66.5 Å². The minimum Gasteiger partial charge on any atom is -0.481 e. The molecule has 8 aromatic heterocycles. The number of aliphatic carboxylic acids is 2. The molecule has 0 radical (unpaired) electrons. The van der Waals surface area contributed by atoms with Crippen molar-refractivity contribution in [3.8, 4) is 42.8 Å². The van der Waals surface area contributed by atoms with Crippen LogP contribution < -0.4 is 26.6 Å². The maximum atomic E-state index is 10.8. The van der Waals surface area contributed by atoms with Crippen molar-refractivity contribution in [2.45, 2.75) is 82.2 Å². The van der Waals surface area contributed by atoms with E-state index >= 15 is 0 Å². The van der Waals surface area contributed by atoms with Crippen LogP contribution in [0, 0.1) is 69.2 Å². The molecule has 0 aliphatic carbocycles. The topological polar surface area (TPSA) is 289 Å². The van der Waals surface area contributed by atoms with Gasteiger partial charge < -0.3 is 36.8 Å². The van der Waals surface area contributed by atoms with Crippen LogP contribution in [-0.2, 0) is 22.6 Å². The second kappa shape index (κ2) is 32.0. The highest BCUT2D eigenvalue weighted by molar-refractivity contribution is 9.11. The Kier molecular flexibility index (Phi) is 23.3. The normalized spacial score (nSPS) is 10.7. The summed E-state index contributed by atoms with van der Waals surface area (Å²) in [4.78, 5) is 75.4. The smallest absolute Gasteiger partial charge is 0.317 e. The predicted molar refractivity (Wildman–Crippen MR) is 377 cm³/mol. The van der Waals surface area contributed by atoms with Crippen LogP contribution in [0.3, 0.4) is 0 Å². The van der Waals surface area contributed by atoms with Crippen molar-refractivity contribution in [2.24, 2.45) is 0 Å². The van der Waals surface area contributed by atoms with E-state index in [0.717, 1.165) is 81.2 Å². The molecule has 474 valence electrons. The number of anilines is 8. The number of carbonyl (C=O) groups is 2. The molecule has 8 heterocycles. The molecule has 0 saturated heterocycles. The van der Waals surface area contributed by atoms with Crippen LogP contribution in [0.4, 0.5) is 46.5 Å². The lowest BCUT2D eigenvalue weighted by Gasteiger charge is -2.07. The molecule has 7 N–H and O–H groups in total. The Morgan fingerprint density at radius 1 is 0.419 bits per heavy atom. The maximum Gasteiger partial charge on any atom is 0.317 e. The lowest BCUT2D eigenvalue weighted by Crippen LogP contribution is -2.21. The number of aromatic nitrogens is 12. The van der Waals surface area contributed by atoms with E-state index in [0.29, 0.717) is 46.7 Å². The monoisotopic (exact) mass is 1380 g/mol. The van der Waals surface area contributed by atoms with Gasteiger partial charge in [-0.2, -0.15) is 0 Å². The molecule has 12 rings (SSSR count). The summed E-state index contributed by atoms with van der Waals surface area (Å²) in [6.45, 7) is 20.9. The van der Waals surface area contributed by atoms with Gasteiger partial charge in [-0.25, -0.2) is 59.8 Å². The molecule has 0 aliphatic heterocycles. The summed E-state index contributed by atoms with van der Waals surface area (Å²) in [6.07, 6.45) is 8.54. The van der Waals surface area contributed by atoms with Gasteiger partial charge in [-0.1, -0.05) is 24.3 Å². The molecule has 0 atom stereocenters. The van der Waals surface area contributed by atoms with Crippen molar-refractivity contribution in [2.75, 3.05) is 27.8 Å². The van der Waals surface area contributed by atoms with Crippen LogP contribution in [0.15, 0.2) is 143 Å². The third-order valence-electron chi connectivity index (χ3n) is 12.9. The summed E-state index contributed by atoms with van der Waals surface area (Å²) in [5.41, 5.74) is 18.8. The number of nitrogens with one attached hydrogen (secondary N) is 5. The third kappa shape index (κ3) is 20.9. The zero-order valence-corrected chi connectivity index (χ0v) is 57.3. The Hall–Kier alpha value is -9.70. The number of carboxylic acid groups (broad SMARTS) is 2. The van der Waals surface area contributed by atoms with Gasteiger partial charge in [0.25, 0.3) is 0 Å². The first-order valence-corrected chi connectivity index (χ1v) is 33.1. The van der Waals surface area contributed by atoms with Crippen molar-refractivity contribution >= 4 is 120 Å². The molecule has 21 nitrogen and oxygen atoms in total. The number of benzene rings is 4. The quantitative estimate of drug-likeness (QED) is 0.0420. The Bertz CT molecular complexity index is 4470. The summed E-state index contributed by atoms with van der Waals surface area (Å²) >= 11 is 9.46. The number of aryl methyl sites for hydroxylation is 10. The van der Waals surface area contributed by atoms with E-state index in [2.05, 4.69) is 185 Å². The van der Waals surface area contributed by atoms with E-state index in [1.807, 2.05) is 76.4 Å². The van der Waals surface area contributed by atoms with E-state index in [1.165, 1.54) is 60.9 Å². The Morgan fingerprint density at radius 2 is 0.774 bits per heavy atom. The van der Waals surface area contributed by atoms with Crippen molar-refractivity contribution < 1.29 is 19.8 Å². The average molecular weight is 1380 g/mol. The second-order valence-corrected chi connectivity index (χ2v) is 26.9. The van der Waals surface area contributed by atoms with Crippen molar-refractivity contribution in [1.82, 2.24) is 65.1 Å². The summed E-state index contributed by atoms with van der Waals surface area (Å²) in [5.74, 6) is 0.364. The molecule has 26 heteroatoms. The molecule has 0 bridgehead atoms. The molecular weight excluding hydrogens is 1320 g/mol. The highest BCUT2D eigenvalue weighted by Gasteiger charge is 2.14. The Balaban J connectivity index is 0.000000147. The van der Waals surface area contributed by atoms with Gasteiger partial charge in [0.05, 0.1) is 40.0 Å². The molecule has 93 heavy (non-hydrogen) atoms. The number of nitrogens with zero attached hydrogens (tertiary/aromatic N) is 12. The summed E-state index contributed by atoms with van der Waals surface area (Å²) < 4.78 is 0.986. The van der Waals surface area contributed by atoms with Gasteiger partial charge in [-0.15, -0.1) is 45.3 Å². The average Bonchev–Trinajstić information content (AvgIpc) is 2.11. The first-order chi connectivity index (χ1) is 44.6. The largest absolute Gasteiger partial charge is 0.481 e. The number of carboxylic acids is 2. The molecule has 0 fully saturated rings. The Labute approximate surface area is 562 Å². The van der Waals surface area contributed by atoms with Gasteiger partial charge in [-0.05, 0) is 202 Å². The molecule has 0 aliphatic rings. The summed E-state index contributed by atoms with van der Waals surface area (Å²) in [5, 5.41) is 40.1. The van der Waals surface area contributed by atoms with Gasteiger partial charge >= 0.3 is 11.9 Å². The summed E-state index contributed by atoms with van der Waals surface area (Å²) in [7, 11) is 0. The fourth-order valence-corrected chi connectivity index (χ4v) is 12.9. The minimum atomic E-state index is -0.897. The van der Waals surface area contributed by atoms with E-state index < -0.39 is 11.9 Å². The number of hydrogen-bond donors (Lipinski definition) is 7. The fraction of sp³-hybridized carbons (Fsp3) is 0.194. The third-order valence-corrected chi connectivity index (χ3v) is 17.4. The van der Waals surface area contributed by atoms with E-state index in [4.69, 9.17) is 10.2 Å². The van der Waals surface area contributed by atoms with E-state index in [9.17, 15) is 9.59 Å². The van der Waals surface area contributed by atoms with Crippen LogP contribution >= 0.6 is 61.3 Å². The first-order valence-electron chi connectivity index (χ1n) is 28.9. The SMILES string of the molecule is Cc1cc(C)cc(Nc2nccc(-c3nc(C)c(C)s3)n2)c1.Cc1cc(C)cc(Nc2nccc(-c3nc(CC(=O)O)cs3)n2)c1.Cc1cc(C)cc(Nc2nccc(-c3nc(CNCC(=O)O)cs3)n2)c1.Cc1cc(C)cc(Nc2nccc(-c3ncc(Br)s3)n2)c1. The predicted octanol–water partition coefficient (Wildman–Crippen LogP) is 16.0. The van der Waals surface area contributed by atoms with Gasteiger partial charge in [0.2, 0.25) is 23.8 Å². The number of halogens is 1. The van der Waals surface area contributed by atoms with E-state index in [1.54, 1.807) is 71.2 Å². The minimum absolute atomic E-state index is 0.0880. The molecule has 0 amide bonds. The van der Waals surface area contributed by atoms with Gasteiger partial charge in [0.1, 0.15) is 42.8 Å². The van der Waals surface area contributed by atoms with E-state index in [-0.39, 0.29) is 13.0 Å². The van der Waals surface area contributed by atoms with Crippen LogP contribution in [0.25, 0.3) is 42.8 Å². The number of rotatable bonds is 18.